The summed E-state index contributed by atoms with van der Waals surface area (Å²) in [7, 11) is 0. The molecule has 0 unspecified atom stereocenters. The van der Waals surface area contributed by atoms with Gasteiger partial charge in [0.1, 0.15) is 18.2 Å². The smallest absolute Gasteiger partial charge is 0.253 e. The van der Waals surface area contributed by atoms with Crippen LogP contribution in [0.4, 0.5) is 4.39 Å². The van der Waals surface area contributed by atoms with Crippen LogP contribution in [0.3, 0.4) is 0 Å². The fourth-order valence-corrected chi connectivity index (χ4v) is 4.58. The molecule has 2 aliphatic rings. The van der Waals surface area contributed by atoms with Gasteiger partial charge < -0.3 is 14.7 Å². The van der Waals surface area contributed by atoms with Gasteiger partial charge in [-0.05, 0) is 56.0 Å². The molecule has 28 heavy (non-hydrogen) atoms. The van der Waals surface area contributed by atoms with Crippen LogP contribution in [0, 0.1) is 11.2 Å². The molecule has 1 N–H and O–H groups in total. The zero-order valence-corrected chi connectivity index (χ0v) is 15.9. The Morgan fingerprint density at radius 1 is 1.14 bits per heavy atom. The molecule has 1 saturated carbocycles. The predicted octanol–water partition coefficient (Wildman–Crippen LogP) is 4.17. The summed E-state index contributed by atoms with van der Waals surface area (Å²) in [5.74, 6) is 0.308. The van der Waals surface area contributed by atoms with E-state index in [-0.39, 0.29) is 29.9 Å². The highest BCUT2D eigenvalue weighted by Gasteiger charge is 2.45. The van der Waals surface area contributed by atoms with Gasteiger partial charge >= 0.3 is 0 Å². The van der Waals surface area contributed by atoms with E-state index in [4.69, 9.17) is 4.74 Å². The van der Waals surface area contributed by atoms with E-state index >= 15 is 0 Å². The SMILES string of the molecule is O=C(c1ccc(OCc2ccccc2F)cc1)N1CCC[C@@]2(CCC[C@H]2O)C1. The van der Waals surface area contributed by atoms with Crippen molar-refractivity contribution in [2.45, 2.75) is 44.8 Å². The lowest BCUT2D eigenvalue weighted by Crippen LogP contribution is -2.49. The van der Waals surface area contributed by atoms with Gasteiger partial charge in [0, 0.05) is 29.6 Å². The molecule has 0 aromatic heterocycles. The number of rotatable bonds is 4. The van der Waals surface area contributed by atoms with Crippen molar-refractivity contribution in [3.8, 4) is 5.75 Å². The molecule has 2 aromatic rings. The fraction of sp³-hybridized carbons (Fsp3) is 0.435. The number of hydrogen-bond donors (Lipinski definition) is 1. The largest absolute Gasteiger partial charge is 0.489 e. The average molecular weight is 383 g/mol. The number of ether oxygens (including phenoxy) is 1. The van der Waals surface area contributed by atoms with E-state index in [0.717, 1.165) is 38.6 Å². The first-order valence-corrected chi connectivity index (χ1v) is 10.0. The highest BCUT2D eigenvalue weighted by atomic mass is 19.1. The quantitative estimate of drug-likeness (QED) is 0.862. The van der Waals surface area contributed by atoms with E-state index in [1.165, 1.54) is 6.07 Å². The number of likely N-dealkylation sites (tertiary alicyclic amines) is 1. The molecule has 1 aliphatic heterocycles. The Morgan fingerprint density at radius 2 is 1.89 bits per heavy atom. The van der Waals surface area contributed by atoms with Crippen LogP contribution in [0.25, 0.3) is 0 Å². The number of halogens is 1. The minimum Gasteiger partial charge on any atom is -0.489 e. The first kappa shape index (κ1) is 18.9. The lowest BCUT2D eigenvalue weighted by atomic mass is 9.76. The van der Waals surface area contributed by atoms with Gasteiger partial charge in [0.05, 0.1) is 6.10 Å². The van der Waals surface area contributed by atoms with Crippen LogP contribution < -0.4 is 4.74 Å². The summed E-state index contributed by atoms with van der Waals surface area (Å²) in [4.78, 5) is 14.8. The summed E-state index contributed by atoms with van der Waals surface area (Å²) in [6.45, 7) is 1.52. The van der Waals surface area contributed by atoms with E-state index in [1.54, 1.807) is 42.5 Å². The molecule has 2 atom stereocenters. The molecule has 0 bridgehead atoms. The molecule has 1 heterocycles. The van der Waals surface area contributed by atoms with Crippen LogP contribution in [0.1, 0.15) is 48.0 Å². The Morgan fingerprint density at radius 3 is 2.61 bits per heavy atom. The van der Waals surface area contributed by atoms with Crippen molar-refractivity contribution in [2.24, 2.45) is 5.41 Å². The maximum Gasteiger partial charge on any atom is 0.253 e. The van der Waals surface area contributed by atoms with Gasteiger partial charge in [-0.3, -0.25) is 4.79 Å². The molecule has 1 amide bonds. The molecule has 1 aliphatic carbocycles. The Bertz CT molecular complexity index is 838. The lowest BCUT2D eigenvalue weighted by Gasteiger charge is -2.42. The van der Waals surface area contributed by atoms with Gasteiger partial charge in [-0.25, -0.2) is 4.39 Å². The molecule has 4 nitrogen and oxygen atoms in total. The molecule has 1 saturated heterocycles. The Balaban J connectivity index is 1.39. The van der Waals surface area contributed by atoms with E-state index in [2.05, 4.69) is 0 Å². The number of benzene rings is 2. The van der Waals surface area contributed by atoms with Crippen molar-refractivity contribution in [2.75, 3.05) is 13.1 Å². The molecular formula is C23H26FNO3. The highest BCUT2D eigenvalue weighted by molar-refractivity contribution is 5.94. The van der Waals surface area contributed by atoms with E-state index in [0.29, 0.717) is 23.4 Å². The van der Waals surface area contributed by atoms with E-state index in [9.17, 15) is 14.3 Å². The molecule has 5 heteroatoms. The molecule has 148 valence electrons. The summed E-state index contributed by atoms with van der Waals surface area (Å²) < 4.78 is 19.3. The molecular weight excluding hydrogens is 357 g/mol. The number of piperidine rings is 1. The standard InChI is InChI=1S/C23H26FNO3/c24-20-6-2-1-5-18(20)15-28-19-10-8-17(9-11-19)22(27)25-14-4-13-23(16-25)12-3-7-21(23)26/h1-2,5-6,8-11,21,26H,3-4,7,12-16H2/t21-,23+/m1/s1. The summed E-state index contributed by atoms with van der Waals surface area (Å²) in [6.07, 6.45) is 4.53. The van der Waals surface area contributed by atoms with Gasteiger partial charge in [-0.2, -0.15) is 0 Å². The fourth-order valence-electron chi connectivity index (χ4n) is 4.58. The summed E-state index contributed by atoms with van der Waals surface area (Å²) in [5, 5.41) is 10.4. The van der Waals surface area contributed by atoms with Crippen molar-refractivity contribution < 1.29 is 19.0 Å². The first-order chi connectivity index (χ1) is 13.6. The second-order valence-electron chi connectivity index (χ2n) is 8.01. The second-order valence-corrected chi connectivity index (χ2v) is 8.01. The predicted molar refractivity (Wildman–Crippen MR) is 105 cm³/mol. The number of hydrogen-bond acceptors (Lipinski definition) is 3. The molecule has 0 radical (unpaired) electrons. The Hall–Kier alpha value is -2.40. The van der Waals surface area contributed by atoms with Crippen molar-refractivity contribution in [3.63, 3.8) is 0 Å². The van der Waals surface area contributed by atoms with Crippen LogP contribution >= 0.6 is 0 Å². The third-order valence-electron chi connectivity index (χ3n) is 6.21. The molecule has 2 aromatic carbocycles. The van der Waals surface area contributed by atoms with Crippen molar-refractivity contribution in [3.05, 3.63) is 65.5 Å². The Kier molecular flexibility index (Phi) is 5.36. The number of carbonyl (C=O) groups is 1. The van der Waals surface area contributed by atoms with Crippen molar-refractivity contribution >= 4 is 5.91 Å². The molecule has 2 fully saturated rings. The Labute approximate surface area is 164 Å². The number of amides is 1. The van der Waals surface area contributed by atoms with E-state index < -0.39 is 0 Å². The topological polar surface area (TPSA) is 49.8 Å². The van der Waals surface area contributed by atoms with Crippen LogP contribution in [0.15, 0.2) is 48.5 Å². The van der Waals surface area contributed by atoms with Gasteiger partial charge in [0.2, 0.25) is 0 Å². The number of carbonyl (C=O) groups excluding carboxylic acids is 1. The zero-order valence-electron chi connectivity index (χ0n) is 15.9. The van der Waals surface area contributed by atoms with Crippen molar-refractivity contribution in [1.29, 1.82) is 0 Å². The number of aliphatic hydroxyl groups is 1. The maximum atomic E-state index is 13.7. The van der Waals surface area contributed by atoms with Crippen LogP contribution in [0.2, 0.25) is 0 Å². The van der Waals surface area contributed by atoms with Gasteiger partial charge in [-0.1, -0.05) is 24.6 Å². The van der Waals surface area contributed by atoms with Crippen molar-refractivity contribution in [1.82, 2.24) is 4.90 Å². The minimum absolute atomic E-state index is 0.00108. The summed E-state index contributed by atoms with van der Waals surface area (Å²) in [6, 6.07) is 13.5. The second kappa shape index (κ2) is 7.92. The number of aliphatic hydroxyl groups excluding tert-OH is 1. The third-order valence-corrected chi connectivity index (χ3v) is 6.21. The highest BCUT2D eigenvalue weighted by Crippen LogP contribution is 2.45. The molecule has 4 rings (SSSR count). The van der Waals surface area contributed by atoms with Gasteiger partial charge in [0.25, 0.3) is 5.91 Å². The first-order valence-electron chi connectivity index (χ1n) is 10.0. The summed E-state index contributed by atoms with van der Waals surface area (Å²) >= 11 is 0. The lowest BCUT2D eigenvalue weighted by molar-refractivity contribution is -0.00536. The summed E-state index contributed by atoms with van der Waals surface area (Å²) in [5.41, 5.74) is 0.996. The van der Waals surface area contributed by atoms with E-state index in [1.807, 2.05) is 4.90 Å². The average Bonchev–Trinajstić information content (AvgIpc) is 3.06. The van der Waals surface area contributed by atoms with Crippen LogP contribution in [-0.4, -0.2) is 35.1 Å². The third kappa shape index (κ3) is 3.76. The zero-order chi connectivity index (χ0) is 19.6. The van der Waals surface area contributed by atoms with Crippen LogP contribution in [-0.2, 0) is 6.61 Å². The normalized spacial score (nSPS) is 24.5. The number of nitrogens with zero attached hydrogens (tertiary/aromatic N) is 1. The van der Waals surface area contributed by atoms with Crippen LogP contribution in [0.5, 0.6) is 5.75 Å². The van der Waals surface area contributed by atoms with Gasteiger partial charge in [0.15, 0.2) is 0 Å². The van der Waals surface area contributed by atoms with Gasteiger partial charge in [-0.15, -0.1) is 0 Å². The monoisotopic (exact) mass is 383 g/mol. The maximum absolute atomic E-state index is 13.7. The molecule has 1 spiro atoms. The minimum atomic E-state index is -0.294.